The summed E-state index contributed by atoms with van der Waals surface area (Å²) in [5.41, 5.74) is 0. The normalized spacial score (nSPS) is 44.1. The Morgan fingerprint density at radius 2 is 1.67 bits per heavy atom. The number of sulfonamides is 1. The van der Waals surface area contributed by atoms with Crippen LogP contribution in [0.25, 0.3) is 0 Å². The molecule has 3 nitrogen and oxygen atoms in total. The molecule has 0 radical (unpaired) electrons. The molecule has 2 rings (SSSR count). The first-order chi connectivity index (χ1) is 5.33. The summed E-state index contributed by atoms with van der Waals surface area (Å²) in [6.07, 6.45) is 0.0764. The van der Waals surface area contributed by atoms with Crippen molar-refractivity contribution in [1.82, 2.24) is 0 Å². The third-order valence-corrected chi connectivity index (χ3v) is 4.18. The van der Waals surface area contributed by atoms with Crippen LogP contribution >= 0.6 is 0 Å². The van der Waals surface area contributed by atoms with Gasteiger partial charge in [-0.3, -0.25) is 0 Å². The number of halogens is 2. The van der Waals surface area contributed by atoms with Crippen LogP contribution in [0.2, 0.25) is 0 Å². The zero-order valence-electron chi connectivity index (χ0n) is 6.20. The van der Waals surface area contributed by atoms with Crippen molar-refractivity contribution in [2.24, 2.45) is 17.0 Å². The third kappa shape index (κ3) is 0.974. The first-order valence-corrected chi connectivity index (χ1v) is 5.34. The van der Waals surface area contributed by atoms with E-state index < -0.39 is 33.0 Å². The minimum atomic E-state index is -3.59. The van der Waals surface area contributed by atoms with Gasteiger partial charge in [0.05, 0.1) is 5.25 Å². The molecule has 0 bridgehead atoms. The summed E-state index contributed by atoms with van der Waals surface area (Å²) >= 11 is 0. The fraction of sp³-hybridized carbons (Fsp3) is 1.00. The minimum absolute atomic E-state index is 0.0382. The first kappa shape index (κ1) is 8.37. The molecule has 0 heterocycles. The molecule has 2 N–H and O–H groups in total. The van der Waals surface area contributed by atoms with Gasteiger partial charge in [-0.25, -0.2) is 22.3 Å². The minimum Gasteiger partial charge on any atom is -0.228 e. The molecular formula is C6H9F2NO2S. The predicted octanol–water partition coefficient (Wildman–Crippen LogP) is 0.319. The molecule has 2 aliphatic carbocycles. The van der Waals surface area contributed by atoms with Crippen LogP contribution in [-0.4, -0.2) is 19.6 Å². The average molecular weight is 197 g/mol. The number of rotatable bonds is 1. The van der Waals surface area contributed by atoms with Gasteiger partial charge in [-0.05, 0) is 12.8 Å². The summed E-state index contributed by atoms with van der Waals surface area (Å²) in [6.45, 7) is 0. The largest absolute Gasteiger partial charge is 0.254 e. The van der Waals surface area contributed by atoms with Crippen LogP contribution in [-0.2, 0) is 10.0 Å². The zero-order chi connectivity index (χ0) is 9.15. The molecule has 0 aromatic carbocycles. The van der Waals surface area contributed by atoms with Gasteiger partial charge in [0.2, 0.25) is 10.0 Å². The van der Waals surface area contributed by atoms with E-state index in [4.69, 9.17) is 5.14 Å². The highest BCUT2D eigenvalue weighted by atomic mass is 32.2. The Morgan fingerprint density at radius 1 is 1.25 bits per heavy atom. The van der Waals surface area contributed by atoms with Gasteiger partial charge in [0.25, 0.3) is 5.92 Å². The van der Waals surface area contributed by atoms with Crippen LogP contribution in [0.3, 0.4) is 0 Å². The molecule has 70 valence electrons. The Labute approximate surface area is 69.0 Å². The molecule has 0 aromatic heterocycles. The lowest BCUT2D eigenvalue weighted by molar-refractivity contribution is 0.0733. The number of hydrogen-bond acceptors (Lipinski definition) is 2. The standard InChI is InChI=1S/C6H9F2NO2S/c7-6(8)4-1-3(2-5(4)6)12(9,10)11/h3-5H,1-2H2,(H2,9,10,11). The fourth-order valence-corrected chi connectivity index (χ4v) is 2.99. The molecule has 2 fully saturated rings. The quantitative estimate of drug-likeness (QED) is 0.658. The summed E-state index contributed by atoms with van der Waals surface area (Å²) in [6, 6.07) is 0. The van der Waals surface area contributed by atoms with Gasteiger partial charge in [0.15, 0.2) is 0 Å². The average Bonchev–Trinajstić information content (AvgIpc) is 2.31. The summed E-state index contributed by atoms with van der Waals surface area (Å²) in [7, 11) is -3.59. The Kier molecular flexibility index (Phi) is 1.38. The second-order valence-electron chi connectivity index (χ2n) is 3.57. The Hall–Kier alpha value is -0.230. The summed E-state index contributed by atoms with van der Waals surface area (Å²) in [4.78, 5) is 0. The molecule has 2 aliphatic rings. The van der Waals surface area contributed by atoms with Gasteiger partial charge in [0.1, 0.15) is 0 Å². The SMILES string of the molecule is NS(=O)(=O)C1CC2C(C1)C2(F)F. The van der Waals surface area contributed by atoms with Crippen molar-refractivity contribution in [2.75, 3.05) is 0 Å². The van der Waals surface area contributed by atoms with E-state index in [2.05, 4.69) is 0 Å². The van der Waals surface area contributed by atoms with Crippen LogP contribution in [0.5, 0.6) is 0 Å². The molecular weight excluding hydrogens is 188 g/mol. The van der Waals surface area contributed by atoms with Crippen LogP contribution in [0, 0.1) is 11.8 Å². The molecule has 2 saturated carbocycles. The molecule has 6 heteroatoms. The third-order valence-electron chi connectivity index (χ3n) is 2.86. The molecule has 0 amide bonds. The lowest BCUT2D eigenvalue weighted by atomic mass is 10.2. The second-order valence-corrected chi connectivity index (χ2v) is 5.41. The van der Waals surface area contributed by atoms with E-state index in [0.717, 1.165) is 0 Å². The van der Waals surface area contributed by atoms with E-state index >= 15 is 0 Å². The molecule has 0 spiro atoms. The second kappa shape index (κ2) is 1.98. The van der Waals surface area contributed by atoms with Crippen molar-refractivity contribution in [1.29, 1.82) is 0 Å². The van der Waals surface area contributed by atoms with Gasteiger partial charge in [0, 0.05) is 11.8 Å². The van der Waals surface area contributed by atoms with Crippen LogP contribution < -0.4 is 5.14 Å². The van der Waals surface area contributed by atoms with Crippen LogP contribution in [0.15, 0.2) is 0 Å². The summed E-state index contributed by atoms with van der Waals surface area (Å²) < 4.78 is 46.6. The van der Waals surface area contributed by atoms with Gasteiger partial charge in [-0.15, -0.1) is 0 Å². The number of alkyl halides is 2. The van der Waals surface area contributed by atoms with E-state index in [-0.39, 0.29) is 12.8 Å². The van der Waals surface area contributed by atoms with Crippen molar-refractivity contribution in [3.63, 3.8) is 0 Å². The van der Waals surface area contributed by atoms with Gasteiger partial charge in [-0.1, -0.05) is 0 Å². The Balaban J connectivity index is 2.08. The molecule has 12 heavy (non-hydrogen) atoms. The van der Waals surface area contributed by atoms with Crippen molar-refractivity contribution >= 4 is 10.0 Å². The number of nitrogens with two attached hydrogens (primary N) is 1. The van der Waals surface area contributed by atoms with E-state index in [1.165, 1.54) is 0 Å². The van der Waals surface area contributed by atoms with E-state index in [1.54, 1.807) is 0 Å². The topological polar surface area (TPSA) is 60.2 Å². The van der Waals surface area contributed by atoms with E-state index in [9.17, 15) is 17.2 Å². The van der Waals surface area contributed by atoms with Crippen molar-refractivity contribution < 1.29 is 17.2 Å². The summed E-state index contributed by atoms with van der Waals surface area (Å²) in [5.74, 6) is -4.05. The van der Waals surface area contributed by atoms with E-state index in [1.807, 2.05) is 0 Å². The van der Waals surface area contributed by atoms with Gasteiger partial charge in [-0.2, -0.15) is 0 Å². The van der Waals surface area contributed by atoms with Crippen molar-refractivity contribution in [2.45, 2.75) is 24.0 Å². The number of fused-ring (bicyclic) bond motifs is 1. The maximum Gasteiger partial charge on any atom is 0.254 e. The summed E-state index contributed by atoms with van der Waals surface area (Å²) in [5, 5.41) is 4.11. The maximum absolute atomic E-state index is 12.6. The highest BCUT2D eigenvalue weighted by Crippen LogP contribution is 2.64. The first-order valence-electron chi connectivity index (χ1n) is 3.73. The Morgan fingerprint density at radius 3 is 2.00 bits per heavy atom. The van der Waals surface area contributed by atoms with Crippen molar-refractivity contribution in [3.05, 3.63) is 0 Å². The zero-order valence-corrected chi connectivity index (χ0v) is 7.02. The van der Waals surface area contributed by atoms with Crippen LogP contribution in [0.1, 0.15) is 12.8 Å². The van der Waals surface area contributed by atoms with Gasteiger partial charge < -0.3 is 0 Å². The van der Waals surface area contributed by atoms with Crippen molar-refractivity contribution in [3.8, 4) is 0 Å². The molecule has 0 aliphatic heterocycles. The number of primary sulfonamides is 1. The van der Waals surface area contributed by atoms with Crippen LogP contribution in [0.4, 0.5) is 8.78 Å². The highest BCUT2D eigenvalue weighted by molar-refractivity contribution is 7.89. The maximum atomic E-state index is 12.6. The fourth-order valence-electron chi connectivity index (χ4n) is 2.03. The predicted molar refractivity (Wildman–Crippen MR) is 38.1 cm³/mol. The number of hydrogen-bond donors (Lipinski definition) is 1. The lowest BCUT2D eigenvalue weighted by Crippen LogP contribution is -2.29. The highest BCUT2D eigenvalue weighted by Gasteiger charge is 2.72. The van der Waals surface area contributed by atoms with Gasteiger partial charge >= 0.3 is 0 Å². The molecule has 2 unspecified atom stereocenters. The monoisotopic (exact) mass is 197 g/mol. The lowest BCUT2D eigenvalue weighted by Gasteiger charge is -2.10. The smallest absolute Gasteiger partial charge is 0.228 e. The molecule has 0 saturated heterocycles. The van der Waals surface area contributed by atoms with E-state index in [0.29, 0.717) is 0 Å². The molecule has 0 aromatic rings. The molecule has 2 atom stereocenters. The Bertz CT molecular complexity index is 300.